The quantitative estimate of drug-likeness (QED) is 0.617. The standard InChI is InChI=1S/C20H15FN4O4/c1-10-7-11(2)22-15(10)8-13-12-5-3-4-6-16(12)25(18(13)27)20(29)24-9-14(21)17(26)23-19(24)28/h3-9,22H,1-2H3,(H,23,26,28). The van der Waals surface area contributed by atoms with Crippen LogP contribution in [-0.4, -0.2) is 26.5 Å². The van der Waals surface area contributed by atoms with Gasteiger partial charge >= 0.3 is 11.7 Å². The highest BCUT2D eigenvalue weighted by Gasteiger charge is 2.38. The summed E-state index contributed by atoms with van der Waals surface area (Å²) >= 11 is 0. The average molecular weight is 394 g/mol. The number of carbonyl (C=O) groups is 2. The topological polar surface area (TPSA) is 108 Å². The summed E-state index contributed by atoms with van der Waals surface area (Å²) in [5, 5.41) is 0. The van der Waals surface area contributed by atoms with Crippen molar-refractivity contribution in [2.75, 3.05) is 4.90 Å². The summed E-state index contributed by atoms with van der Waals surface area (Å²) in [6, 6.07) is 7.40. The number of aryl methyl sites for hydroxylation is 2. The van der Waals surface area contributed by atoms with Crippen molar-refractivity contribution in [1.82, 2.24) is 14.5 Å². The zero-order chi connectivity index (χ0) is 20.9. The molecule has 4 rings (SSSR count). The van der Waals surface area contributed by atoms with Gasteiger partial charge in [-0.15, -0.1) is 0 Å². The third-order valence-electron chi connectivity index (χ3n) is 4.64. The normalized spacial score (nSPS) is 14.5. The monoisotopic (exact) mass is 394 g/mol. The molecule has 2 amide bonds. The van der Waals surface area contributed by atoms with Crippen LogP contribution in [0.3, 0.4) is 0 Å². The second-order valence-electron chi connectivity index (χ2n) is 6.65. The maximum absolute atomic E-state index is 13.6. The number of para-hydroxylation sites is 1. The molecule has 1 aromatic carbocycles. The van der Waals surface area contributed by atoms with Crippen LogP contribution in [0.2, 0.25) is 0 Å². The van der Waals surface area contributed by atoms with Crippen molar-refractivity contribution < 1.29 is 14.0 Å². The zero-order valence-electron chi connectivity index (χ0n) is 15.4. The van der Waals surface area contributed by atoms with Gasteiger partial charge in [0.25, 0.3) is 11.5 Å². The molecular formula is C20H15FN4O4. The highest BCUT2D eigenvalue weighted by molar-refractivity contribution is 6.42. The van der Waals surface area contributed by atoms with Crippen LogP contribution in [0.15, 0.2) is 46.1 Å². The van der Waals surface area contributed by atoms with Crippen LogP contribution >= 0.6 is 0 Å². The number of aromatic nitrogens is 3. The van der Waals surface area contributed by atoms with Gasteiger partial charge in [-0.2, -0.15) is 4.39 Å². The number of anilines is 1. The minimum atomic E-state index is -1.31. The maximum Gasteiger partial charge on any atom is 0.344 e. The van der Waals surface area contributed by atoms with Gasteiger partial charge in [-0.05, 0) is 37.6 Å². The van der Waals surface area contributed by atoms with Crippen LogP contribution in [0.25, 0.3) is 11.6 Å². The summed E-state index contributed by atoms with van der Waals surface area (Å²) in [6.45, 7) is 3.76. The van der Waals surface area contributed by atoms with E-state index in [9.17, 15) is 23.6 Å². The number of halogens is 1. The summed E-state index contributed by atoms with van der Waals surface area (Å²) in [6.07, 6.45) is 2.10. The molecule has 2 N–H and O–H groups in total. The molecule has 1 aliphatic rings. The third-order valence-corrected chi connectivity index (χ3v) is 4.64. The lowest BCUT2D eigenvalue weighted by Crippen LogP contribution is -2.44. The van der Waals surface area contributed by atoms with Gasteiger partial charge in [-0.1, -0.05) is 18.2 Å². The molecule has 3 aromatic rings. The van der Waals surface area contributed by atoms with E-state index in [1.54, 1.807) is 35.3 Å². The number of hydrogen-bond donors (Lipinski definition) is 2. The molecule has 0 atom stereocenters. The lowest BCUT2D eigenvalue weighted by molar-refractivity contribution is -0.112. The number of imide groups is 1. The molecule has 0 aliphatic carbocycles. The van der Waals surface area contributed by atoms with Crippen molar-refractivity contribution in [2.24, 2.45) is 0 Å². The van der Waals surface area contributed by atoms with Crippen molar-refractivity contribution in [3.05, 3.63) is 85.7 Å². The highest BCUT2D eigenvalue weighted by Crippen LogP contribution is 2.38. The van der Waals surface area contributed by atoms with E-state index in [1.165, 1.54) is 0 Å². The molecule has 29 heavy (non-hydrogen) atoms. The van der Waals surface area contributed by atoms with Crippen LogP contribution in [0, 0.1) is 19.7 Å². The number of rotatable bonds is 1. The molecule has 146 valence electrons. The molecule has 0 unspecified atom stereocenters. The van der Waals surface area contributed by atoms with Crippen molar-refractivity contribution in [1.29, 1.82) is 0 Å². The molecular weight excluding hydrogens is 379 g/mol. The van der Waals surface area contributed by atoms with E-state index in [0.717, 1.165) is 16.2 Å². The molecule has 1 aliphatic heterocycles. The van der Waals surface area contributed by atoms with Crippen molar-refractivity contribution in [3.8, 4) is 0 Å². The van der Waals surface area contributed by atoms with Gasteiger partial charge in [-0.3, -0.25) is 14.6 Å². The molecule has 0 fully saturated rings. The zero-order valence-corrected chi connectivity index (χ0v) is 15.4. The Hall–Kier alpha value is -4.01. The molecule has 0 bridgehead atoms. The van der Waals surface area contributed by atoms with Gasteiger partial charge in [-0.25, -0.2) is 19.1 Å². The second-order valence-corrected chi connectivity index (χ2v) is 6.65. The average Bonchev–Trinajstić information content (AvgIpc) is 3.14. The predicted octanol–water partition coefficient (Wildman–Crippen LogP) is 2.18. The van der Waals surface area contributed by atoms with E-state index < -0.39 is 29.0 Å². The molecule has 0 radical (unpaired) electrons. The van der Waals surface area contributed by atoms with E-state index in [2.05, 4.69) is 4.98 Å². The van der Waals surface area contributed by atoms with Crippen LogP contribution in [0.1, 0.15) is 22.5 Å². The molecule has 0 saturated carbocycles. The van der Waals surface area contributed by atoms with Gasteiger partial charge in [0.15, 0.2) is 0 Å². The number of nitrogens with zero attached hydrogens (tertiary/aromatic N) is 2. The Labute approximate surface area is 162 Å². The first kappa shape index (κ1) is 18.4. The number of amides is 2. The molecule has 9 heteroatoms. The Morgan fingerprint density at radius 2 is 1.83 bits per heavy atom. The Bertz CT molecular complexity index is 1330. The first-order valence-corrected chi connectivity index (χ1v) is 8.65. The van der Waals surface area contributed by atoms with Gasteiger partial charge < -0.3 is 4.98 Å². The lowest BCUT2D eigenvalue weighted by Gasteiger charge is -2.15. The van der Waals surface area contributed by atoms with E-state index in [-0.39, 0.29) is 11.3 Å². The third kappa shape index (κ3) is 2.92. The van der Waals surface area contributed by atoms with Crippen LogP contribution in [0.5, 0.6) is 0 Å². The van der Waals surface area contributed by atoms with Crippen LogP contribution in [0.4, 0.5) is 14.9 Å². The van der Waals surface area contributed by atoms with E-state index >= 15 is 0 Å². The van der Waals surface area contributed by atoms with Gasteiger partial charge in [0.1, 0.15) is 0 Å². The highest BCUT2D eigenvalue weighted by atomic mass is 19.1. The van der Waals surface area contributed by atoms with E-state index in [0.29, 0.717) is 22.0 Å². The number of aromatic amines is 2. The fourth-order valence-corrected chi connectivity index (χ4v) is 3.31. The molecule has 2 aromatic heterocycles. The molecule has 3 heterocycles. The smallest absolute Gasteiger partial charge is 0.344 e. The lowest BCUT2D eigenvalue weighted by atomic mass is 10.1. The van der Waals surface area contributed by atoms with Crippen molar-refractivity contribution in [2.45, 2.75) is 13.8 Å². The largest absolute Gasteiger partial charge is 0.359 e. The van der Waals surface area contributed by atoms with E-state index in [4.69, 9.17) is 0 Å². The number of nitrogens with one attached hydrogen (secondary N) is 2. The number of carbonyl (C=O) groups excluding carboxylic acids is 2. The van der Waals surface area contributed by atoms with Crippen LogP contribution in [-0.2, 0) is 4.79 Å². The van der Waals surface area contributed by atoms with Gasteiger partial charge in [0.2, 0.25) is 5.82 Å². The fourth-order valence-electron chi connectivity index (χ4n) is 3.31. The summed E-state index contributed by atoms with van der Waals surface area (Å²) in [5.74, 6) is -1.98. The van der Waals surface area contributed by atoms with Crippen molar-refractivity contribution >= 4 is 29.3 Å². The predicted molar refractivity (Wildman–Crippen MR) is 104 cm³/mol. The first-order chi connectivity index (χ1) is 13.8. The Morgan fingerprint density at radius 1 is 1.10 bits per heavy atom. The van der Waals surface area contributed by atoms with Gasteiger partial charge in [0, 0.05) is 17.0 Å². The van der Waals surface area contributed by atoms with E-state index in [1.807, 2.05) is 19.9 Å². The SMILES string of the molecule is Cc1cc(C)c(C=C2C(=O)N(C(=O)n3cc(F)c(=O)[nH]c3=O)c3ccccc32)[nH]1. The minimum Gasteiger partial charge on any atom is -0.359 e. The molecule has 0 saturated heterocycles. The summed E-state index contributed by atoms with van der Waals surface area (Å²) in [5.41, 5.74) is 1.16. The summed E-state index contributed by atoms with van der Waals surface area (Å²) in [4.78, 5) is 54.9. The van der Waals surface area contributed by atoms with Crippen molar-refractivity contribution in [3.63, 3.8) is 0 Å². The minimum absolute atomic E-state index is 0.247. The molecule has 8 nitrogen and oxygen atoms in total. The second kappa shape index (κ2) is 6.55. The Morgan fingerprint density at radius 3 is 2.52 bits per heavy atom. The number of hydrogen-bond acceptors (Lipinski definition) is 4. The summed E-state index contributed by atoms with van der Waals surface area (Å²) < 4.78 is 14.0. The van der Waals surface area contributed by atoms with Crippen LogP contribution < -0.4 is 16.1 Å². The summed E-state index contributed by atoms with van der Waals surface area (Å²) in [7, 11) is 0. The Kier molecular flexibility index (Phi) is 4.15. The number of H-pyrrole nitrogens is 2. The maximum atomic E-state index is 13.6. The number of benzene rings is 1. The Balaban J connectivity index is 1.86. The van der Waals surface area contributed by atoms with Gasteiger partial charge in [0.05, 0.1) is 17.5 Å². The first-order valence-electron chi connectivity index (χ1n) is 8.65. The fraction of sp³-hybridized carbons (Fsp3) is 0.100. The number of fused-ring (bicyclic) bond motifs is 1. The molecule has 0 spiro atoms.